The minimum Gasteiger partial charge on any atom is -0.280 e. The molecule has 0 radical (unpaired) electrons. The van der Waals surface area contributed by atoms with Crippen molar-refractivity contribution < 1.29 is 8.42 Å². The Morgan fingerprint density at radius 3 is 2.62 bits per heavy atom. The van der Waals surface area contributed by atoms with Crippen molar-refractivity contribution in [1.29, 1.82) is 0 Å². The second kappa shape index (κ2) is 4.46. The van der Waals surface area contributed by atoms with Crippen LogP contribution < -0.4 is 4.83 Å². The summed E-state index contributed by atoms with van der Waals surface area (Å²) in [6, 6.07) is 8.21. The fourth-order valence-corrected chi connectivity index (χ4v) is 2.30. The Labute approximate surface area is 94.1 Å². The SMILES string of the molecule is O=S(=O)(NN1C=CC=NC1)c1ccccc1. The molecule has 0 atom stereocenters. The second-order valence-electron chi connectivity index (χ2n) is 3.19. The van der Waals surface area contributed by atoms with Crippen LogP contribution in [-0.4, -0.2) is 26.3 Å². The van der Waals surface area contributed by atoms with Gasteiger partial charge in [-0.15, -0.1) is 4.83 Å². The molecule has 0 saturated carbocycles. The first-order valence-electron chi connectivity index (χ1n) is 4.69. The van der Waals surface area contributed by atoms with E-state index in [0.29, 0.717) is 0 Å². The molecule has 1 aliphatic rings. The molecule has 0 aliphatic carbocycles. The van der Waals surface area contributed by atoms with Crippen molar-refractivity contribution in [2.45, 2.75) is 4.90 Å². The number of aliphatic imine (C=N–C) groups is 1. The molecule has 16 heavy (non-hydrogen) atoms. The highest BCUT2D eigenvalue weighted by atomic mass is 32.2. The van der Waals surface area contributed by atoms with Crippen LogP contribution in [0.3, 0.4) is 0 Å². The molecule has 1 aliphatic heterocycles. The van der Waals surface area contributed by atoms with Crippen LogP contribution in [0.1, 0.15) is 0 Å². The van der Waals surface area contributed by atoms with Crippen molar-refractivity contribution in [3.8, 4) is 0 Å². The molecule has 0 fully saturated rings. The van der Waals surface area contributed by atoms with Gasteiger partial charge in [-0.25, -0.2) is 8.42 Å². The molecular weight excluding hydrogens is 226 g/mol. The van der Waals surface area contributed by atoms with Gasteiger partial charge in [0.05, 0.1) is 4.90 Å². The van der Waals surface area contributed by atoms with Crippen LogP contribution in [0.4, 0.5) is 0 Å². The highest BCUT2D eigenvalue weighted by Gasteiger charge is 2.15. The van der Waals surface area contributed by atoms with Crippen LogP contribution in [0.5, 0.6) is 0 Å². The van der Waals surface area contributed by atoms with E-state index in [4.69, 9.17) is 0 Å². The lowest BCUT2D eigenvalue weighted by molar-refractivity contribution is 0.345. The zero-order valence-corrected chi connectivity index (χ0v) is 9.26. The van der Waals surface area contributed by atoms with E-state index in [1.807, 2.05) is 0 Å². The smallest absolute Gasteiger partial charge is 0.257 e. The minimum atomic E-state index is -3.51. The maximum Gasteiger partial charge on any atom is 0.257 e. The van der Waals surface area contributed by atoms with E-state index < -0.39 is 10.0 Å². The van der Waals surface area contributed by atoms with Gasteiger partial charge in [-0.3, -0.25) is 10.0 Å². The molecule has 0 amide bonds. The normalized spacial score (nSPS) is 15.4. The van der Waals surface area contributed by atoms with Crippen LogP contribution in [0.25, 0.3) is 0 Å². The largest absolute Gasteiger partial charge is 0.280 e. The lowest BCUT2D eigenvalue weighted by Gasteiger charge is -2.20. The molecule has 0 bridgehead atoms. The van der Waals surface area contributed by atoms with Crippen LogP contribution in [0.2, 0.25) is 0 Å². The Morgan fingerprint density at radius 1 is 1.25 bits per heavy atom. The van der Waals surface area contributed by atoms with Gasteiger partial charge in [-0.1, -0.05) is 18.2 Å². The number of nitrogens with one attached hydrogen (secondary N) is 1. The average molecular weight is 237 g/mol. The molecule has 0 spiro atoms. The van der Waals surface area contributed by atoms with Crippen LogP contribution >= 0.6 is 0 Å². The van der Waals surface area contributed by atoms with E-state index in [1.165, 1.54) is 5.01 Å². The van der Waals surface area contributed by atoms with E-state index >= 15 is 0 Å². The molecule has 6 heteroatoms. The average Bonchev–Trinajstić information content (AvgIpc) is 2.31. The number of hydrazine groups is 1. The molecular formula is C10H11N3O2S. The summed E-state index contributed by atoms with van der Waals surface area (Å²) >= 11 is 0. The molecule has 1 aromatic rings. The summed E-state index contributed by atoms with van der Waals surface area (Å²) in [6.07, 6.45) is 4.90. The van der Waals surface area contributed by atoms with E-state index in [9.17, 15) is 8.42 Å². The Bertz CT molecular complexity index is 508. The maximum atomic E-state index is 11.9. The van der Waals surface area contributed by atoms with Gasteiger partial charge in [-0.2, -0.15) is 0 Å². The highest BCUT2D eigenvalue weighted by Crippen LogP contribution is 2.08. The molecule has 1 heterocycles. The van der Waals surface area contributed by atoms with E-state index in [-0.39, 0.29) is 11.6 Å². The molecule has 2 rings (SSSR count). The first-order chi connectivity index (χ1) is 7.68. The Kier molecular flexibility index (Phi) is 3.02. The fraction of sp³-hybridized carbons (Fsp3) is 0.100. The van der Waals surface area contributed by atoms with Gasteiger partial charge in [-0.05, 0) is 18.2 Å². The summed E-state index contributed by atoms with van der Waals surface area (Å²) in [5.41, 5.74) is 0. The third-order valence-corrected chi connectivity index (χ3v) is 3.35. The summed E-state index contributed by atoms with van der Waals surface area (Å²) in [5, 5.41) is 1.41. The van der Waals surface area contributed by atoms with Crippen LogP contribution in [0, 0.1) is 0 Å². The predicted octanol–water partition coefficient (Wildman–Crippen LogP) is 0.737. The van der Waals surface area contributed by atoms with Gasteiger partial charge in [0.25, 0.3) is 10.0 Å². The summed E-state index contributed by atoms with van der Waals surface area (Å²) in [7, 11) is -3.51. The molecule has 1 aromatic carbocycles. The van der Waals surface area contributed by atoms with Crippen LogP contribution in [-0.2, 0) is 10.0 Å². The third kappa shape index (κ3) is 2.47. The van der Waals surface area contributed by atoms with Crippen LogP contribution in [0.15, 0.2) is 52.5 Å². The standard InChI is InChI=1S/C10H11N3O2S/c14-16(15,10-5-2-1-3-6-10)12-13-8-4-7-11-9-13/h1-8,12H,9H2. The molecule has 5 nitrogen and oxygen atoms in total. The minimum absolute atomic E-state index is 0.234. The second-order valence-corrected chi connectivity index (χ2v) is 4.85. The lowest BCUT2D eigenvalue weighted by atomic mass is 10.4. The first kappa shape index (κ1) is 10.8. The highest BCUT2D eigenvalue weighted by molar-refractivity contribution is 7.89. The van der Waals surface area contributed by atoms with Crippen molar-refractivity contribution in [2.24, 2.45) is 4.99 Å². The number of hydrogen-bond donors (Lipinski definition) is 1. The third-order valence-electron chi connectivity index (χ3n) is 1.98. The van der Waals surface area contributed by atoms with Gasteiger partial charge in [0, 0.05) is 12.4 Å². The molecule has 0 saturated heterocycles. The van der Waals surface area contributed by atoms with Gasteiger partial charge in [0.15, 0.2) is 0 Å². The zero-order chi connectivity index (χ0) is 11.4. The van der Waals surface area contributed by atoms with Crippen molar-refractivity contribution in [3.05, 3.63) is 42.6 Å². The summed E-state index contributed by atoms with van der Waals surface area (Å²) < 4.78 is 23.7. The Morgan fingerprint density at radius 2 is 2.00 bits per heavy atom. The summed E-state index contributed by atoms with van der Waals surface area (Å²) in [4.78, 5) is 6.57. The van der Waals surface area contributed by atoms with E-state index in [1.54, 1.807) is 48.8 Å². The number of sulfonamides is 1. The van der Waals surface area contributed by atoms with Crippen molar-refractivity contribution in [1.82, 2.24) is 9.84 Å². The molecule has 1 N–H and O–H groups in total. The molecule has 0 unspecified atom stereocenters. The Balaban J connectivity index is 2.15. The molecule has 0 aromatic heterocycles. The number of allylic oxidation sites excluding steroid dienone is 1. The quantitative estimate of drug-likeness (QED) is 0.843. The summed E-state index contributed by atoms with van der Waals surface area (Å²) in [6.45, 7) is 0.280. The van der Waals surface area contributed by atoms with Crippen molar-refractivity contribution in [3.63, 3.8) is 0 Å². The number of hydrogen-bond acceptors (Lipinski definition) is 4. The predicted molar refractivity (Wildman–Crippen MR) is 61.1 cm³/mol. The summed E-state index contributed by atoms with van der Waals surface area (Å²) in [5.74, 6) is 0. The van der Waals surface area contributed by atoms with Crippen molar-refractivity contribution in [2.75, 3.05) is 6.67 Å². The fourth-order valence-electron chi connectivity index (χ4n) is 1.25. The first-order valence-corrected chi connectivity index (χ1v) is 6.17. The monoisotopic (exact) mass is 237 g/mol. The maximum absolute atomic E-state index is 11.9. The van der Waals surface area contributed by atoms with Gasteiger partial charge in [0.1, 0.15) is 6.67 Å². The van der Waals surface area contributed by atoms with Gasteiger partial charge >= 0.3 is 0 Å². The topological polar surface area (TPSA) is 61.8 Å². The van der Waals surface area contributed by atoms with E-state index in [0.717, 1.165) is 0 Å². The van der Waals surface area contributed by atoms with Gasteiger partial charge < -0.3 is 0 Å². The zero-order valence-electron chi connectivity index (χ0n) is 8.45. The lowest BCUT2D eigenvalue weighted by Crippen LogP contribution is -2.39. The number of rotatable bonds is 3. The molecule has 84 valence electrons. The Hall–Kier alpha value is -1.66. The van der Waals surface area contributed by atoms with Gasteiger partial charge in [0.2, 0.25) is 0 Å². The number of nitrogens with zero attached hydrogens (tertiary/aromatic N) is 2. The van der Waals surface area contributed by atoms with Crippen molar-refractivity contribution >= 4 is 16.2 Å². The number of benzene rings is 1. The van der Waals surface area contributed by atoms with E-state index in [2.05, 4.69) is 9.82 Å².